The molecule has 0 aliphatic rings. The van der Waals surface area contributed by atoms with Crippen LogP contribution in [0.3, 0.4) is 0 Å². The summed E-state index contributed by atoms with van der Waals surface area (Å²) in [7, 11) is 1.65. The molecule has 0 unspecified atom stereocenters. The molecule has 1 N–H and O–H groups in total. The predicted octanol–water partition coefficient (Wildman–Crippen LogP) is 2.29. The maximum Gasteiger partial charge on any atom is 0.249 e. The Kier molecular flexibility index (Phi) is 4.12. The van der Waals surface area contributed by atoms with Crippen LogP contribution in [-0.2, 0) is 6.42 Å². The molecule has 1 rings (SSSR count). The Morgan fingerprint density at radius 1 is 1.38 bits per heavy atom. The Morgan fingerprint density at radius 3 is 2.56 bits per heavy atom. The van der Waals surface area contributed by atoms with E-state index < -0.39 is 12.3 Å². The fraction of sp³-hybridized carbons (Fsp3) is 0.417. The zero-order valence-electron chi connectivity index (χ0n) is 9.39. The minimum Gasteiger partial charge on any atom is -0.313 e. The molecule has 0 spiro atoms. The Balaban J connectivity index is 2.96. The highest BCUT2D eigenvalue weighted by Crippen LogP contribution is 2.21. The van der Waals surface area contributed by atoms with E-state index in [0.29, 0.717) is 11.1 Å². The van der Waals surface area contributed by atoms with Crippen molar-refractivity contribution in [3.05, 3.63) is 35.4 Å². The number of hydrogen-bond acceptors (Lipinski definition) is 2. The van der Waals surface area contributed by atoms with Crippen LogP contribution >= 0.6 is 0 Å². The molecule has 0 fully saturated rings. The molecule has 0 aromatic heterocycles. The van der Waals surface area contributed by atoms with Gasteiger partial charge in [0.15, 0.2) is 5.78 Å². The number of ketones is 1. The van der Waals surface area contributed by atoms with Crippen molar-refractivity contribution in [1.29, 1.82) is 0 Å². The lowest BCUT2D eigenvalue weighted by Gasteiger charge is -2.13. The minimum atomic E-state index is -2.80. The fourth-order valence-electron chi connectivity index (χ4n) is 1.54. The molecule has 2 nitrogen and oxygen atoms in total. The standard InChI is InChI=1S/C12H15F2NO/c1-12(13,14)7-9-5-3-4-6-10(9)11(16)8-15-2/h3-6,15H,7-8H2,1-2H3. The summed E-state index contributed by atoms with van der Waals surface area (Å²) in [6, 6.07) is 6.50. The molecule has 16 heavy (non-hydrogen) atoms. The Labute approximate surface area is 93.7 Å². The zero-order valence-corrected chi connectivity index (χ0v) is 9.39. The predicted molar refractivity (Wildman–Crippen MR) is 59.0 cm³/mol. The van der Waals surface area contributed by atoms with Gasteiger partial charge in [0.1, 0.15) is 0 Å². The first kappa shape index (κ1) is 12.8. The minimum absolute atomic E-state index is 0.159. The Bertz CT molecular complexity index is 372. The summed E-state index contributed by atoms with van der Waals surface area (Å²) in [5, 5.41) is 2.72. The van der Waals surface area contributed by atoms with E-state index in [0.717, 1.165) is 6.92 Å². The van der Waals surface area contributed by atoms with Crippen molar-refractivity contribution in [1.82, 2.24) is 5.32 Å². The van der Waals surface area contributed by atoms with E-state index in [1.807, 2.05) is 0 Å². The number of likely N-dealkylation sites (N-methyl/N-ethyl adjacent to an activating group) is 1. The van der Waals surface area contributed by atoms with Crippen LogP contribution in [0.2, 0.25) is 0 Å². The van der Waals surface area contributed by atoms with Gasteiger partial charge >= 0.3 is 0 Å². The smallest absolute Gasteiger partial charge is 0.249 e. The number of carbonyl (C=O) groups excluding carboxylic acids is 1. The van der Waals surface area contributed by atoms with Crippen LogP contribution in [0.25, 0.3) is 0 Å². The van der Waals surface area contributed by atoms with Gasteiger partial charge in [0.2, 0.25) is 5.92 Å². The second-order valence-corrected chi connectivity index (χ2v) is 3.86. The zero-order chi connectivity index (χ0) is 12.2. The number of nitrogens with one attached hydrogen (secondary N) is 1. The van der Waals surface area contributed by atoms with E-state index >= 15 is 0 Å². The Hall–Kier alpha value is -1.29. The molecular weight excluding hydrogens is 212 g/mol. The number of alkyl halides is 2. The van der Waals surface area contributed by atoms with E-state index in [-0.39, 0.29) is 12.3 Å². The molecule has 0 bridgehead atoms. The van der Waals surface area contributed by atoms with Crippen molar-refractivity contribution in [2.75, 3.05) is 13.6 Å². The number of carbonyl (C=O) groups is 1. The summed E-state index contributed by atoms with van der Waals surface area (Å²) in [5.41, 5.74) is 0.772. The summed E-state index contributed by atoms with van der Waals surface area (Å²) < 4.78 is 25.8. The second kappa shape index (κ2) is 5.16. The first-order chi connectivity index (χ1) is 7.44. The monoisotopic (exact) mass is 227 g/mol. The number of hydrogen-bond donors (Lipinski definition) is 1. The molecule has 1 aromatic rings. The third-order valence-electron chi connectivity index (χ3n) is 2.16. The van der Waals surface area contributed by atoms with Crippen molar-refractivity contribution in [2.45, 2.75) is 19.3 Å². The third-order valence-corrected chi connectivity index (χ3v) is 2.16. The Morgan fingerprint density at radius 2 is 2.00 bits per heavy atom. The van der Waals surface area contributed by atoms with E-state index in [4.69, 9.17) is 0 Å². The normalized spacial score (nSPS) is 11.5. The van der Waals surface area contributed by atoms with Crippen LogP contribution in [0, 0.1) is 0 Å². The van der Waals surface area contributed by atoms with Crippen molar-refractivity contribution < 1.29 is 13.6 Å². The SMILES string of the molecule is CNCC(=O)c1ccccc1CC(C)(F)F. The molecule has 0 heterocycles. The van der Waals surface area contributed by atoms with E-state index in [9.17, 15) is 13.6 Å². The van der Waals surface area contributed by atoms with Crippen LogP contribution in [0.4, 0.5) is 8.78 Å². The van der Waals surface area contributed by atoms with Gasteiger partial charge in [0, 0.05) is 12.0 Å². The molecular formula is C12H15F2NO. The fourth-order valence-corrected chi connectivity index (χ4v) is 1.54. The van der Waals surface area contributed by atoms with Gasteiger partial charge in [-0.05, 0) is 19.5 Å². The molecule has 0 aliphatic carbocycles. The quantitative estimate of drug-likeness (QED) is 0.782. The van der Waals surface area contributed by atoms with E-state index in [2.05, 4.69) is 5.32 Å². The van der Waals surface area contributed by atoms with Gasteiger partial charge in [0.25, 0.3) is 0 Å². The maximum atomic E-state index is 12.9. The van der Waals surface area contributed by atoms with Crippen LogP contribution < -0.4 is 5.32 Å². The summed E-state index contributed by atoms with van der Waals surface area (Å²) in [4.78, 5) is 11.6. The molecule has 0 amide bonds. The lowest BCUT2D eigenvalue weighted by Crippen LogP contribution is -2.22. The van der Waals surface area contributed by atoms with E-state index in [1.165, 1.54) is 0 Å². The maximum absolute atomic E-state index is 12.9. The lowest BCUT2D eigenvalue weighted by atomic mass is 9.98. The van der Waals surface area contributed by atoms with Crippen molar-refractivity contribution in [3.63, 3.8) is 0 Å². The molecule has 0 saturated heterocycles. The second-order valence-electron chi connectivity index (χ2n) is 3.86. The van der Waals surface area contributed by atoms with E-state index in [1.54, 1.807) is 31.3 Å². The molecule has 0 radical (unpaired) electrons. The first-order valence-electron chi connectivity index (χ1n) is 5.07. The van der Waals surface area contributed by atoms with Gasteiger partial charge in [0.05, 0.1) is 6.54 Å². The van der Waals surface area contributed by atoms with Gasteiger partial charge in [-0.2, -0.15) is 0 Å². The molecule has 88 valence electrons. The van der Waals surface area contributed by atoms with Crippen LogP contribution in [0.1, 0.15) is 22.8 Å². The topological polar surface area (TPSA) is 29.1 Å². The molecule has 0 saturated carbocycles. The summed E-state index contributed by atoms with van der Waals surface area (Å²) >= 11 is 0. The van der Waals surface area contributed by atoms with Gasteiger partial charge in [-0.3, -0.25) is 4.79 Å². The molecule has 0 aliphatic heterocycles. The largest absolute Gasteiger partial charge is 0.313 e. The van der Waals surface area contributed by atoms with Gasteiger partial charge in [-0.25, -0.2) is 8.78 Å². The van der Waals surface area contributed by atoms with Crippen molar-refractivity contribution in [2.24, 2.45) is 0 Å². The van der Waals surface area contributed by atoms with Gasteiger partial charge in [-0.1, -0.05) is 24.3 Å². The number of halogens is 2. The molecule has 1 aromatic carbocycles. The highest BCUT2D eigenvalue weighted by atomic mass is 19.3. The summed E-state index contributed by atoms with van der Waals surface area (Å²) in [6.45, 7) is 1.01. The molecule has 4 heteroatoms. The van der Waals surface area contributed by atoms with Gasteiger partial charge in [-0.15, -0.1) is 0 Å². The van der Waals surface area contributed by atoms with Crippen LogP contribution in [0.5, 0.6) is 0 Å². The lowest BCUT2D eigenvalue weighted by molar-refractivity contribution is 0.0225. The summed E-state index contributed by atoms with van der Waals surface area (Å²) in [5.74, 6) is -2.96. The summed E-state index contributed by atoms with van der Waals surface area (Å²) in [6.07, 6.45) is -0.404. The average Bonchev–Trinajstić information content (AvgIpc) is 2.16. The highest BCUT2D eigenvalue weighted by molar-refractivity contribution is 5.98. The number of benzene rings is 1. The number of rotatable bonds is 5. The van der Waals surface area contributed by atoms with Crippen molar-refractivity contribution >= 4 is 5.78 Å². The average molecular weight is 227 g/mol. The number of Topliss-reactive ketones (excluding diaryl/α,β-unsaturated/α-hetero) is 1. The molecule has 0 atom stereocenters. The first-order valence-corrected chi connectivity index (χ1v) is 5.07. The van der Waals surface area contributed by atoms with Crippen LogP contribution in [0.15, 0.2) is 24.3 Å². The van der Waals surface area contributed by atoms with Crippen molar-refractivity contribution in [3.8, 4) is 0 Å². The highest BCUT2D eigenvalue weighted by Gasteiger charge is 2.24. The van der Waals surface area contributed by atoms with Gasteiger partial charge < -0.3 is 5.32 Å². The van der Waals surface area contributed by atoms with Crippen LogP contribution in [-0.4, -0.2) is 25.3 Å². The third kappa shape index (κ3) is 3.70.